The van der Waals surface area contributed by atoms with Gasteiger partial charge in [-0.05, 0) is 24.8 Å². The fourth-order valence-corrected chi connectivity index (χ4v) is 1.15. The SMILES string of the molecule is CC(C)CCOc1ccc([C@@H](C)N)cn1. The largest absolute Gasteiger partial charge is 0.478 e. The summed E-state index contributed by atoms with van der Waals surface area (Å²) in [6.45, 7) is 7.02. The Bertz CT molecular complexity index is 280. The molecule has 3 nitrogen and oxygen atoms in total. The molecule has 0 aliphatic rings. The van der Waals surface area contributed by atoms with Crippen LogP contribution in [0.3, 0.4) is 0 Å². The Kier molecular flexibility index (Phi) is 4.56. The third kappa shape index (κ3) is 4.30. The lowest BCUT2D eigenvalue weighted by atomic mass is 10.1. The summed E-state index contributed by atoms with van der Waals surface area (Å²) in [5.74, 6) is 1.34. The lowest BCUT2D eigenvalue weighted by Gasteiger charge is -2.08. The zero-order chi connectivity index (χ0) is 11.3. The molecule has 0 spiro atoms. The fraction of sp³-hybridized carbons (Fsp3) is 0.583. The van der Waals surface area contributed by atoms with Crippen molar-refractivity contribution in [2.75, 3.05) is 6.61 Å². The van der Waals surface area contributed by atoms with Crippen molar-refractivity contribution in [1.82, 2.24) is 4.98 Å². The van der Waals surface area contributed by atoms with Crippen molar-refractivity contribution in [3.05, 3.63) is 23.9 Å². The van der Waals surface area contributed by atoms with Crippen LogP contribution < -0.4 is 10.5 Å². The number of nitrogens with two attached hydrogens (primary N) is 1. The first-order valence-corrected chi connectivity index (χ1v) is 5.44. The van der Waals surface area contributed by atoms with Gasteiger partial charge in [0, 0.05) is 18.3 Å². The molecule has 0 aromatic carbocycles. The Morgan fingerprint density at radius 2 is 2.07 bits per heavy atom. The van der Waals surface area contributed by atoms with Gasteiger partial charge in [0.05, 0.1) is 6.61 Å². The molecule has 0 radical (unpaired) electrons. The van der Waals surface area contributed by atoms with Crippen molar-refractivity contribution in [2.24, 2.45) is 11.7 Å². The van der Waals surface area contributed by atoms with Gasteiger partial charge >= 0.3 is 0 Å². The highest BCUT2D eigenvalue weighted by Gasteiger charge is 2.01. The van der Waals surface area contributed by atoms with Crippen molar-refractivity contribution < 1.29 is 4.74 Å². The van der Waals surface area contributed by atoms with Crippen molar-refractivity contribution in [3.8, 4) is 5.88 Å². The van der Waals surface area contributed by atoms with Gasteiger partial charge in [0.2, 0.25) is 5.88 Å². The number of rotatable bonds is 5. The van der Waals surface area contributed by atoms with Crippen molar-refractivity contribution in [1.29, 1.82) is 0 Å². The van der Waals surface area contributed by atoms with Crippen LogP contribution in [-0.2, 0) is 0 Å². The average molecular weight is 208 g/mol. The second-order valence-electron chi connectivity index (χ2n) is 4.25. The van der Waals surface area contributed by atoms with Crippen molar-refractivity contribution >= 4 is 0 Å². The van der Waals surface area contributed by atoms with E-state index in [0.29, 0.717) is 11.8 Å². The highest BCUT2D eigenvalue weighted by molar-refractivity contribution is 5.19. The van der Waals surface area contributed by atoms with Crippen LogP contribution in [0.5, 0.6) is 5.88 Å². The molecular formula is C12H20N2O. The van der Waals surface area contributed by atoms with Crippen LogP contribution in [0.4, 0.5) is 0 Å². The van der Waals surface area contributed by atoms with E-state index in [4.69, 9.17) is 10.5 Å². The highest BCUT2D eigenvalue weighted by atomic mass is 16.5. The van der Waals surface area contributed by atoms with Crippen molar-refractivity contribution in [2.45, 2.75) is 33.2 Å². The van der Waals surface area contributed by atoms with Gasteiger partial charge in [-0.3, -0.25) is 0 Å². The number of ether oxygens (including phenoxy) is 1. The van der Waals surface area contributed by atoms with Gasteiger partial charge in [0.1, 0.15) is 0 Å². The van der Waals surface area contributed by atoms with Crippen LogP contribution in [0.25, 0.3) is 0 Å². The number of hydrogen-bond acceptors (Lipinski definition) is 3. The molecule has 3 heteroatoms. The minimum atomic E-state index is 0.0298. The minimum Gasteiger partial charge on any atom is -0.478 e. The zero-order valence-corrected chi connectivity index (χ0v) is 9.73. The first-order chi connectivity index (χ1) is 7.09. The summed E-state index contributed by atoms with van der Waals surface area (Å²) in [4.78, 5) is 4.19. The van der Waals surface area contributed by atoms with Crippen LogP contribution in [0, 0.1) is 5.92 Å². The molecule has 2 N–H and O–H groups in total. The quantitative estimate of drug-likeness (QED) is 0.808. The molecule has 1 atom stereocenters. The molecule has 1 aromatic heterocycles. The van der Waals surface area contributed by atoms with Crippen LogP contribution in [-0.4, -0.2) is 11.6 Å². The molecule has 1 rings (SSSR count). The molecule has 0 saturated carbocycles. The van der Waals surface area contributed by atoms with E-state index in [2.05, 4.69) is 18.8 Å². The Balaban J connectivity index is 2.43. The molecule has 15 heavy (non-hydrogen) atoms. The van der Waals surface area contributed by atoms with Gasteiger partial charge in [-0.25, -0.2) is 4.98 Å². The molecule has 0 fully saturated rings. The van der Waals surface area contributed by atoms with E-state index in [9.17, 15) is 0 Å². The number of pyridine rings is 1. The maximum Gasteiger partial charge on any atom is 0.213 e. The maximum absolute atomic E-state index is 5.72. The molecule has 0 saturated heterocycles. The third-order valence-corrected chi connectivity index (χ3v) is 2.23. The third-order valence-electron chi connectivity index (χ3n) is 2.23. The summed E-state index contributed by atoms with van der Waals surface area (Å²) in [5.41, 5.74) is 6.76. The van der Waals surface area contributed by atoms with Crippen LogP contribution >= 0.6 is 0 Å². The van der Waals surface area contributed by atoms with E-state index >= 15 is 0 Å². The molecule has 0 amide bonds. The summed E-state index contributed by atoms with van der Waals surface area (Å²) in [6, 6.07) is 3.86. The highest BCUT2D eigenvalue weighted by Crippen LogP contribution is 2.13. The average Bonchev–Trinajstić information content (AvgIpc) is 2.18. The number of nitrogens with zero attached hydrogens (tertiary/aromatic N) is 1. The van der Waals surface area contributed by atoms with Crippen LogP contribution in [0.1, 0.15) is 38.8 Å². The number of aromatic nitrogens is 1. The molecule has 0 unspecified atom stereocenters. The van der Waals surface area contributed by atoms with E-state index < -0.39 is 0 Å². The summed E-state index contributed by atoms with van der Waals surface area (Å²) in [7, 11) is 0. The topological polar surface area (TPSA) is 48.1 Å². The lowest BCUT2D eigenvalue weighted by Crippen LogP contribution is -2.06. The molecule has 84 valence electrons. The van der Waals surface area contributed by atoms with E-state index in [1.807, 2.05) is 19.1 Å². The van der Waals surface area contributed by atoms with Gasteiger partial charge in [-0.1, -0.05) is 19.9 Å². The fourth-order valence-electron chi connectivity index (χ4n) is 1.15. The lowest BCUT2D eigenvalue weighted by molar-refractivity contribution is 0.279. The zero-order valence-electron chi connectivity index (χ0n) is 9.73. The summed E-state index contributed by atoms with van der Waals surface area (Å²) < 4.78 is 5.50. The van der Waals surface area contributed by atoms with E-state index in [1.165, 1.54) is 0 Å². The van der Waals surface area contributed by atoms with Crippen LogP contribution in [0.2, 0.25) is 0 Å². The predicted molar refractivity (Wildman–Crippen MR) is 61.8 cm³/mol. The maximum atomic E-state index is 5.72. The Morgan fingerprint density at radius 3 is 2.53 bits per heavy atom. The Labute approximate surface area is 91.7 Å². The van der Waals surface area contributed by atoms with Gasteiger partial charge < -0.3 is 10.5 Å². The summed E-state index contributed by atoms with van der Waals surface area (Å²) in [6.07, 6.45) is 2.83. The van der Waals surface area contributed by atoms with E-state index in [-0.39, 0.29) is 6.04 Å². The molecule has 0 bridgehead atoms. The van der Waals surface area contributed by atoms with Gasteiger partial charge in [0.25, 0.3) is 0 Å². The molecule has 0 aliphatic carbocycles. The standard InChI is InChI=1S/C12H20N2O/c1-9(2)6-7-15-12-5-4-11(8-14-12)10(3)13/h4-5,8-10H,6-7,13H2,1-3H3/t10-/m1/s1. The first kappa shape index (κ1) is 12.0. The van der Waals surface area contributed by atoms with E-state index in [0.717, 1.165) is 18.6 Å². The molecule has 1 aromatic rings. The summed E-state index contributed by atoms with van der Waals surface area (Å²) >= 11 is 0. The molecule has 0 aliphatic heterocycles. The minimum absolute atomic E-state index is 0.0298. The number of hydrogen-bond donors (Lipinski definition) is 1. The molecule has 1 heterocycles. The molecular weight excluding hydrogens is 188 g/mol. The normalized spacial score (nSPS) is 12.9. The van der Waals surface area contributed by atoms with Crippen LogP contribution in [0.15, 0.2) is 18.3 Å². The summed E-state index contributed by atoms with van der Waals surface area (Å²) in [5, 5.41) is 0. The Hall–Kier alpha value is -1.09. The first-order valence-electron chi connectivity index (χ1n) is 5.44. The predicted octanol–water partition coefficient (Wildman–Crippen LogP) is 2.53. The van der Waals surface area contributed by atoms with Gasteiger partial charge in [-0.15, -0.1) is 0 Å². The van der Waals surface area contributed by atoms with Crippen molar-refractivity contribution in [3.63, 3.8) is 0 Å². The second kappa shape index (κ2) is 5.71. The second-order valence-corrected chi connectivity index (χ2v) is 4.25. The smallest absolute Gasteiger partial charge is 0.213 e. The van der Waals surface area contributed by atoms with Gasteiger partial charge in [0.15, 0.2) is 0 Å². The monoisotopic (exact) mass is 208 g/mol. The Morgan fingerprint density at radius 1 is 1.33 bits per heavy atom. The van der Waals surface area contributed by atoms with Gasteiger partial charge in [-0.2, -0.15) is 0 Å². The van der Waals surface area contributed by atoms with E-state index in [1.54, 1.807) is 6.20 Å².